The maximum atomic E-state index is 12.6. The lowest BCUT2D eigenvalue weighted by Gasteiger charge is -2.30. The monoisotopic (exact) mass is 414 g/mol. The van der Waals surface area contributed by atoms with Crippen LogP contribution in [0.3, 0.4) is 0 Å². The summed E-state index contributed by atoms with van der Waals surface area (Å²) in [6.45, 7) is 3.76. The molecule has 27 heavy (non-hydrogen) atoms. The van der Waals surface area contributed by atoms with Crippen LogP contribution in [0.1, 0.15) is 44.4 Å². The van der Waals surface area contributed by atoms with Gasteiger partial charge in [0.05, 0.1) is 5.75 Å². The number of benzene rings is 1. The number of nitrogens with zero attached hydrogens (tertiary/aromatic N) is 2. The Morgan fingerprint density at radius 1 is 1.33 bits per heavy atom. The first-order valence-electron chi connectivity index (χ1n) is 9.42. The molecule has 0 radical (unpaired) electrons. The van der Waals surface area contributed by atoms with E-state index in [1.807, 2.05) is 6.07 Å². The Bertz CT molecular complexity index is 860. The molecular weight excluding hydrogens is 388 g/mol. The van der Waals surface area contributed by atoms with Crippen LogP contribution in [0, 0.1) is 5.92 Å². The van der Waals surface area contributed by atoms with Crippen molar-refractivity contribution in [2.75, 3.05) is 32.6 Å². The van der Waals surface area contributed by atoms with E-state index in [1.165, 1.54) is 0 Å². The molecule has 1 saturated heterocycles. The quantitative estimate of drug-likeness (QED) is 0.651. The largest absolute Gasteiger partial charge is 0.440 e. The zero-order chi connectivity index (χ0) is 19.4. The van der Waals surface area contributed by atoms with Gasteiger partial charge in [-0.25, -0.2) is 17.7 Å². The van der Waals surface area contributed by atoms with Crippen LogP contribution >= 0.6 is 11.6 Å². The molecule has 1 aliphatic rings. The van der Waals surface area contributed by atoms with E-state index in [2.05, 4.69) is 11.9 Å². The molecule has 1 atom stereocenters. The zero-order valence-electron chi connectivity index (χ0n) is 15.9. The van der Waals surface area contributed by atoms with Crippen LogP contribution < -0.4 is 0 Å². The van der Waals surface area contributed by atoms with E-state index in [-0.39, 0.29) is 11.7 Å². The lowest BCUT2D eigenvalue weighted by Crippen LogP contribution is -2.39. The Labute approximate surface area is 165 Å². The Balaban J connectivity index is 1.55. The van der Waals surface area contributed by atoms with Crippen molar-refractivity contribution in [1.82, 2.24) is 9.29 Å². The van der Waals surface area contributed by atoms with Crippen LogP contribution in [-0.2, 0) is 14.8 Å². The van der Waals surface area contributed by atoms with Crippen molar-refractivity contribution in [3.8, 4) is 0 Å². The molecule has 2 aromatic rings. The smallest absolute Gasteiger partial charge is 0.214 e. The second kappa shape index (κ2) is 8.90. The average molecular weight is 415 g/mol. The predicted molar refractivity (Wildman–Crippen MR) is 107 cm³/mol. The van der Waals surface area contributed by atoms with Crippen LogP contribution in [0.25, 0.3) is 11.1 Å². The minimum absolute atomic E-state index is 0.142. The van der Waals surface area contributed by atoms with Crippen molar-refractivity contribution >= 4 is 32.7 Å². The number of ether oxygens (including phenoxy) is 1. The maximum Gasteiger partial charge on any atom is 0.214 e. The van der Waals surface area contributed by atoms with Gasteiger partial charge in [-0.3, -0.25) is 0 Å². The van der Waals surface area contributed by atoms with Crippen LogP contribution in [-0.4, -0.2) is 50.3 Å². The normalized spacial score (nSPS) is 18.2. The standard InChI is InChI=1S/C19H27ClN2O4S/c1-14(7-11-25-2)8-12-27(23,24)22-9-5-15(6-10-22)19-21-17-13-16(20)3-4-18(17)26-19/h3-4,13-15H,5-12H2,1-2H3. The van der Waals surface area contributed by atoms with Gasteiger partial charge in [0, 0.05) is 37.7 Å². The molecule has 1 aliphatic heterocycles. The lowest BCUT2D eigenvalue weighted by atomic mass is 9.98. The number of fused-ring (bicyclic) bond motifs is 1. The summed E-state index contributed by atoms with van der Waals surface area (Å²) >= 11 is 6.00. The fraction of sp³-hybridized carbons (Fsp3) is 0.632. The van der Waals surface area contributed by atoms with Crippen molar-refractivity contribution in [1.29, 1.82) is 0 Å². The van der Waals surface area contributed by atoms with Gasteiger partial charge in [0.2, 0.25) is 10.0 Å². The first-order chi connectivity index (χ1) is 12.9. The van der Waals surface area contributed by atoms with Gasteiger partial charge in [-0.15, -0.1) is 0 Å². The number of hydrogen-bond acceptors (Lipinski definition) is 5. The Kier molecular flexibility index (Phi) is 6.78. The molecule has 1 unspecified atom stereocenters. The Morgan fingerprint density at radius 3 is 2.78 bits per heavy atom. The van der Waals surface area contributed by atoms with Gasteiger partial charge < -0.3 is 9.15 Å². The molecule has 8 heteroatoms. The number of rotatable bonds is 8. The third-order valence-electron chi connectivity index (χ3n) is 5.25. The third kappa shape index (κ3) is 5.22. The second-order valence-electron chi connectivity index (χ2n) is 7.33. The highest BCUT2D eigenvalue weighted by Gasteiger charge is 2.30. The van der Waals surface area contributed by atoms with E-state index in [4.69, 9.17) is 20.8 Å². The molecule has 0 bridgehead atoms. The molecule has 150 valence electrons. The maximum absolute atomic E-state index is 12.6. The van der Waals surface area contributed by atoms with Crippen LogP contribution in [0.5, 0.6) is 0 Å². The van der Waals surface area contributed by atoms with Gasteiger partial charge in [-0.05, 0) is 49.8 Å². The summed E-state index contributed by atoms with van der Waals surface area (Å²) in [7, 11) is -1.55. The highest BCUT2D eigenvalue weighted by molar-refractivity contribution is 7.89. The summed E-state index contributed by atoms with van der Waals surface area (Å²) in [5.74, 6) is 1.36. The van der Waals surface area contributed by atoms with Gasteiger partial charge >= 0.3 is 0 Å². The first-order valence-corrected chi connectivity index (χ1v) is 11.4. The Hall–Kier alpha value is -1.15. The lowest BCUT2D eigenvalue weighted by molar-refractivity contribution is 0.179. The van der Waals surface area contributed by atoms with E-state index < -0.39 is 10.0 Å². The SMILES string of the molecule is COCCC(C)CCS(=O)(=O)N1CCC(c2nc3cc(Cl)ccc3o2)CC1. The van der Waals surface area contributed by atoms with E-state index in [0.717, 1.165) is 30.4 Å². The van der Waals surface area contributed by atoms with Gasteiger partial charge in [0.1, 0.15) is 5.52 Å². The van der Waals surface area contributed by atoms with E-state index in [1.54, 1.807) is 23.5 Å². The molecule has 3 rings (SSSR count). The molecule has 2 heterocycles. The molecule has 1 aromatic heterocycles. The van der Waals surface area contributed by atoms with Crippen molar-refractivity contribution in [3.63, 3.8) is 0 Å². The van der Waals surface area contributed by atoms with Crippen LogP contribution in [0.4, 0.5) is 0 Å². The average Bonchev–Trinajstić information content (AvgIpc) is 3.08. The van der Waals surface area contributed by atoms with Crippen molar-refractivity contribution in [3.05, 3.63) is 29.1 Å². The Morgan fingerprint density at radius 2 is 2.07 bits per heavy atom. The highest BCUT2D eigenvalue weighted by Crippen LogP contribution is 2.31. The van der Waals surface area contributed by atoms with Crippen LogP contribution in [0.2, 0.25) is 5.02 Å². The van der Waals surface area contributed by atoms with E-state index in [0.29, 0.717) is 42.9 Å². The molecule has 1 fully saturated rings. The molecule has 6 nitrogen and oxygen atoms in total. The topological polar surface area (TPSA) is 72.6 Å². The summed E-state index contributed by atoms with van der Waals surface area (Å²) in [6.07, 6.45) is 2.99. The minimum Gasteiger partial charge on any atom is -0.440 e. The second-order valence-corrected chi connectivity index (χ2v) is 9.85. The van der Waals surface area contributed by atoms with E-state index in [9.17, 15) is 8.42 Å². The van der Waals surface area contributed by atoms with Crippen molar-refractivity contribution < 1.29 is 17.6 Å². The van der Waals surface area contributed by atoms with E-state index >= 15 is 0 Å². The number of methoxy groups -OCH3 is 1. The molecule has 0 N–H and O–H groups in total. The number of sulfonamides is 1. The highest BCUT2D eigenvalue weighted by atomic mass is 35.5. The predicted octanol–water partition coefficient (Wildman–Crippen LogP) is 4.05. The number of hydrogen-bond donors (Lipinski definition) is 0. The summed E-state index contributed by atoms with van der Waals surface area (Å²) in [5, 5.41) is 0.628. The molecule has 1 aromatic carbocycles. The van der Waals surface area contributed by atoms with Crippen molar-refractivity contribution in [2.24, 2.45) is 5.92 Å². The summed E-state index contributed by atoms with van der Waals surface area (Å²) in [5.41, 5.74) is 1.46. The molecule has 0 aliphatic carbocycles. The van der Waals surface area contributed by atoms with Gasteiger partial charge in [-0.1, -0.05) is 18.5 Å². The van der Waals surface area contributed by atoms with Gasteiger partial charge in [-0.2, -0.15) is 0 Å². The molecule has 0 amide bonds. The van der Waals surface area contributed by atoms with Crippen LogP contribution in [0.15, 0.2) is 22.6 Å². The molecule has 0 spiro atoms. The fourth-order valence-electron chi connectivity index (χ4n) is 3.42. The van der Waals surface area contributed by atoms with Gasteiger partial charge in [0.25, 0.3) is 0 Å². The summed E-state index contributed by atoms with van der Waals surface area (Å²) in [6, 6.07) is 5.38. The molecule has 0 saturated carbocycles. The number of piperidine rings is 1. The first kappa shape index (κ1) is 20.6. The number of aromatic nitrogens is 1. The third-order valence-corrected chi connectivity index (χ3v) is 7.38. The van der Waals surface area contributed by atoms with Gasteiger partial charge in [0.15, 0.2) is 11.5 Å². The fourth-order valence-corrected chi connectivity index (χ4v) is 5.31. The summed E-state index contributed by atoms with van der Waals surface area (Å²) in [4.78, 5) is 4.54. The molecular formula is C19H27ClN2O4S. The zero-order valence-corrected chi connectivity index (χ0v) is 17.4. The number of halogens is 1. The number of oxazole rings is 1. The summed E-state index contributed by atoms with van der Waals surface area (Å²) < 4.78 is 37.8. The van der Waals surface area contributed by atoms with Crippen molar-refractivity contribution in [2.45, 2.75) is 38.5 Å². The minimum atomic E-state index is -3.22.